The maximum atomic E-state index is 11.6. The summed E-state index contributed by atoms with van der Waals surface area (Å²) >= 11 is 0. The third-order valence-electron chi connectivity index (χ3n) is 3.25. The van der Waals surface area contributed by atoms with Crippen molar-refractivity contribution >= 4 is 11.7 Å². The molecule has 0 aliphatic carbocycles. The van der Waals surface area contributed by atoms with Gasteiger partial charge in [-0.3, -0.25) is 4.40 Å². The van der Waals surface area contributed by atoms with Crippen molar-refractivity contribution in [3.63, 3.8) is 0 Å². The molecule has 3 rings (SSSR count). The van der Waals surface area contributed by atoms with Crippen molar-refractivity contribution in [3.8, 4) is 11.4 Å². The number of aromatic carboxylic acids is 1. The average molecular weight is 268 g/mol. The minimum Gasteiger partial charge on any atom is -0.478 e. The molecular formula is C14H12N4O2. The molecule has 6 nitrogen and oxygen atoms in total. The van der Waals surface area contributed by atoms with E-state index in [-0.39, 0.29) is 5.56 Å². The molecule has 1 N–H and O–H groups in total. The monoisotopic (exact) mass is 268 g/mol. The highest BCUT2D eigenvalue weighted by Gasteiger charge is 2.21. The van der Waals surface area contributed by atoms with Crippen LogP contribution in [0.1, 0.15) is 21.5 Å². The zero-order valence-electron chi connectivity index (χ0n) is 11.0. The highest BCUT2D eigenvalue weighted by atomic mass is 16.4. The van der Waals surface area contributed by atoms with Gasteiger partial charge in [-0.25, -0.2) is 9.78 Å². The number of aryl methyl sites for hydroxylation is 2. The Morgan fingerprint density at radius 3 is 2.70 bits per heavy atom. The van der Waals surface area contributed by atoms with Crippen LogP contribution in [0, 0.1) is 13.8 Å². The van der Waals surface area contributed by atoms with Crippen molar-refractivity contribution in [1.29, 1.82) is 0 Å². The molecule has 0 aliphatic rings. The molecule has 1 aromatic carbocycles. The van der Waals surface area contributed by atoms with E-state index in [1.165, 1.54) is 0 Å². The summed E-state index contributed by atoms with van der Waals surface area (Å²) in [5.41, 5.74) is 2.37. The Morgan fingerprint density at radius 1 is 1.20 bits per heavy atom. The fourth-order valence-electron chi connectivity index (χ4n) is 2.29. The minimum absolute atomic E-state index is 0.253. The first-order chi connectivity index (χ1) is 9.59. The van der Waals surface area contributed by atoms with Crippen LogP contribution in [0.3, 0.4) is 0 Å². The van der Waals surface area contributed by atoms with Crippen molar-refractivity contribution < 1.29 is 9.90 Å². The summed E-state index contributed by atoms with van der Waals surface area (Å²) in [7, 11) is 0. The molecule has 0 bridgehead atoms. The molecular weight excluding hydrogens is 256 g/mol. The molecule has 0 unspecified atom stereocenters. The smallest absolute Gasteiger partial charge is 0.336 e. The molecule has 3 aromatic rings. The van der Waals surface area contributed by atoms with E-state index in [1.54, 1.807) is 35.9 Å². The van der Waals surface area contributed by atoms with Gasteiger partial charge in [-0.15, -0.1) is 10.2 Å². The van der Waals surface area contributed by atoms with E-state index in [9.17, 15) is 9.90 Å². The Morgan fingerprint density at radius 2 is 1.95 bits per heavy atom. The van der Waals surface area contributed by atoms with Crippen molar-refractivity contribution in [1.82, 2.24) is 19.6 Å². The molecule has 2 aromatic heterocycles. The molecule has 0 atom stereocenters. The van der Waals surface area contributed by atoms with Gasteiger partial charge in [-0.2, -0.15) is 0 Å². The van der Waals surface area contributed by atoms with E-state index in [0.717, 1.165) is 5.56 Å². The fourth-order valence-corrected chi connectivity index (χ4v) is 2.29. The lowest BCUT2D eigenvalue weighted by atomic mass is 9.96. The lowest BCUT2D eigenvalue weighted by Crippen LogP contribution is -2.06. The molecule has 0 radical (unpaired) electrons. The third kappa shape index (κ3) is 1.73. The topological polar surface area (TPSA) is 80.4 Å². The van der Waals surface area contributed by atoms with E-state index >= 15 is 0 Å². The molecule has 6 heteroatoms. The summed E-state index contributed by atoms with van der Waals surface area (Å²) in [6.07, 6.45) is 3.39. The Hall–Kier alpha value is -2.76. The second-order valence-electron chi connectivity index (χ2n) is 4.57. The van der Waals surface area contributed by atoms with Gasteiger partial charge in [0.1, 0.15) is 0 Å². The quantitative estimate of drug-likeness (QED) is 0.769. The van der Waals surface area contributed by atoms with Gasteiger partial charge in [0.25, 0.3) is 5.78 Å². The minimum atomic E-state index is -0.971. The van der Waals surface area contributed by atoms with E-state index in [2.05, 4.69) is 15.2 Å². The lowest BCUT2D eigenvalue weighted by molar-refractivity contribution is 0.0697. The normalized spacial score (nSPS) is 10.9. The van der Waals surface area contributed by atoms with Crippen LogP contribution in [0.2, 0.25) is 0 Å². The van der Waals surface area contributed by atoms with Gasteiger partial charge in [0.15, 0.2) is 5.82 Å². The maximum absolute atomic E-state index is 11.6. The van der Waals surface area contributed by atoms with Gasteiger partial charge >= 0.3 is 5.97 Å². The second-order valence-corrected chi connectivity index (χ2v) is 4.57. The summed E-state index contributed by atoms with van der Waals surface area (Å²) in [6, 6.07) is 5.43. The van der Waals surface area contributed by atoms with Crippen LogP contribution in [0.25, 0.3) is 17.2 Å². The molecule has 0 saturated carbocycles. The van der Waals surface area contributed by atoms with Crippen LogP contribution in [0.15, 0.2) is 30.6 Å². The number of aromatic nitrogens is 4. The van der Waals surface area contributed by atoms with E-state index < -0.39 is 5.97 Å². The number of carbonyl (C=O) groups is 1. The number of fused-ring (bicyclic) bond motifs is 1. The molecule has 0 aliphatic heterocycles. The first-order valence-corrected chi connectivity index (χ1v) is 6.09. The van der Waals surface area contributed by atoms with Crippen LogP contribution in [0.5, 0.6) is 0 Å². The zero-order valence-corrected chi connectivity index (χ0v) is 11.0. The number of carboxylic acids is 1. The third-order valence-corrected chi connectivity index (χ3v) is 3.25. The highest BCUT2D eigenvalue weighted by molar-refractivity contribution is 5.97. The van der Waals surface area contributed by atoms with Crippen LogP contribution in [0.4, 0.5) is 0 Å². The largest absolute Gasteiger partial charge is 0.478 e. The molecule has 0 amide bonds. The number of carboxylic acid groups (broad SMARTS) is 1. The molecule has 0 spiro atoms. The van der Waals surface area contributed by atoms with Crippen molar-refractivity contribution in [2.45, 2.75) is 13.8 Å². The zero-order chi connectivity index (χ0) is 14.3. The lowest BCUT2D eigenvalue weighted by Gasteiger charge is -2.10. The Balaban J connectivity index is 2.40. The average Bonchev–Trinajstić information content (AvgIpc) is 2.84. The Bertz CT molecular complexity index is 823. The van der Waals surface area contributed by atoms with E-state index in [1.807, 2.05) is 13.0 Å². The number of hydrogen-bond acceptors (Lipinski definition) is 4. The first kappa shape index (κ1) is 12.3. The van der Waals surface area contributed by atoms with E-state index in [4.69, 9.17) is 0 Å². The maximum Gasteiger partial charge on any atom is 0.336 e. The molecule has 0 saturated heterocycles. The second kappa shape index (κ2) is 4.41. The summed E-state index contributed by atoms with van der Waals surface area (Å²) < 4.78 is 1.69. The van der Waals surface area contributed by atoms with Crippen molar-refractivity contribution in [2.24, 2.45) is 0 Å². The fraction of sp³-hybridized carbons (Fsp3) is 0.143. The molecule has 0 fully saturated rings. The van der Waals surface area contributed by atoms with Crippen molar-refractivity contribution in [2.75, 3.05) is 0 Å². The van der Waals surface area contributed by atoms with Gasteiger partial charge in [0.2, 0.25) is 0 Å². The van der Waals surface area contributed by atoms with Crippen LogP contribution >= 0.6 is 0 Å². The Labute approximate surface area is 114 Å². The number of benzene rings is 1. The molecule has 2 heterocycles. The van der Waals surface area contributed by atoms with Crippen LogP contribution in [-0.4, -0.2) is 30.7 Å². The summed E-state index contributed by atoms with van der Waals surface area (Å²) in [4.78, 5) is 15.6. The van der Waals surface area contributed by atoms with Crippen LogP contribution < -0.4 is 0 Å². The van der Waals surface area contributed by atoms with Gasteiger partial charge in [-0.05, 0) is 31.0 Å². The predicted octanol–water partition coefficient (Wildman–Crippen LogP) is 2.11. The van der Waals surface area contributed by atoms with Gasteiger partial charge in [0, 0.05) is 18.0 Å². The van der Waals surface area contributed by atoms with Gasteiger partial charge in [-0.1, -0.05) is 12.1 Å². The first-order valence-electron chi connectivity index (χ1n) is 6.09. The predicted molar refractivity (Wildman–Crippen MR) is 72.7 cm³/mol. The highest BCUT2D eigenvalue weighted by Crippen LogP contribution is 2.28. The molecule has 20 heavy (non-hydrogen) atoms. The van der Waals surface area contributed by atoms with Crippen LogP contribution in [-0.2, 0) is 0 Å². The van der Waals surface area contributed by atoms with Gasteiger partial charge < -0.3 is 5.11 Å². The number of hydrogen-bond donors (Lipinski definition) is 1. The SMILES string of the molecule is Cc1ccc(C)c(-c2nnc3ncccn23)c1C(=O)O. The molecule has 100 valence electrons. The Kier molecular flexibility index (Phi) is 2.71. The summed E-state index contributed by atoms with van der Waals surface area (Å²) in [5, 5.41) is 17.5. The number of rotatable bonds is 2. The summed E-state index contributed by atoms with van der Waals surface area (Å²) in [6.45, 7) is 3.63. The summed E-state index contributed by atoms with van der Waals surface area (Å²) in [5.74, 6) is -0.0340. The number of nitrogens with zero attached hydrogens (tertiary/aromatic N) is 4. The van der Waals surface area contributed by atoms with Crippen molar-refractivity contribution in [3.05, 3.63) is 47.3 Å². The van der Waals surface area contributed by atoms with Gasteiger partial charge in [0.05, 0.1) is 5.56 Å². The standard InChI is InChI=1S/C14H12N4O2/c1-8-4-5-9(2)11(13(19)20)10(8)12-16-17-14-15-6-3-7-18(12)14/h3-7H,1-2H3,(H,19,20). The van der Waals surface area contributed by atoms with E-state index in [0.29, 0.717) is 22.7 Å².